The van der Waals surface area contributed by atoms with Crippen LogP contribution in [0.25, 0.3) is 0 Å². The number of nitrogens with zero attached hydrogens (tertiary/aromatic N) is 2. The first-order valence-corrected chi connectivity index (χ1v) is 5.73. The lowest BCUT2D eigenvalue weighted by molar-refractivity contribution is 0.0205. The number of aromatic nitrogens is 1. The summed E-state index contributed by atoms with van der Waals surface area (Å²) in [5.41, 5.74) is 0.903. The summed E-state index contributed by atoms with van der Waals surface area (Å²) < 4.78 is 0. The van der Waals surface area contributed by atoms with Gasteiger partial charge in [-0.3, -0.25) is 4.98 Å². The van der Waals surface area contributed by atoms with Crippen LogP contribution in [0.1, 0.15) is 19.0 Å². The molecule has 16 heavy (non-hydrogen) atoms. The molecule has 1 saturated heterocycles. The van der Waals surface area contributed by atoms with Crippen LogP contribution in [0.3, 0.4) is 0 Å². The van der Waals surface area contributed by atoms with E-state index >= 15 is 0 Å². The summed E-state index contributed by atoms with van der Waals surface area (Å²) in [5, 5.41) is 13.7. The quantitative estimate of drug-likeness (QED) is 0.747. The molecule has 2 atom stereocenters. The molecule has 5 heteroatoms. The van der Waals surface area contributed by atoms with Gasteiger partial charge in [0.05, 0.1) is 12.2 Å². The van der Waals surface area contributed by atoms with E-state index in [-0.39, 0.29) is 6.04 Å². The van der Waals surface area contributed by atoms with Crippen molar-refractivity contribution in [3.8, 4) is 0 Å². The Morgan fingerprint density at radius 2 is 2.44 bits per heavy atom. The summed E-state index contributed by atoms with van der Waals surface area (Å²) in [6.07, 6.45) is 1.89. The smallest absolute Gasteiger partial charge is 0.171 e. The van der Waals surface area contributed by atoms with E-state index in [1.807, 2.05) is 25.1 Å². The predicted molar refractivity (Wildman–Crippen MR) is 65.6 cm³/mol. The van der Waals surface area contributed by atoms with Crippen molar-refractivity contribution in [2.75, 3.05) is 0 Å². The number of nitrogens with one attached hydrogen (secondary N) is 1. The third-order valence-electron chi connectivity index (χ3n) is 2.61. The lowest BCUT2D eigenvalue weighted by atomic mass is 10.1. The highest BCUT2D eigenvalue weighted by Crippen LogP contribution is 2.14. The fraction of sp³-hybridized carbons (Fsp3) is 0.455. The third kappa shape index (κ3) is 2.48. The van der Waals surface area contributed by atoms with Crippen molar-refractivity contribution in [2.24, 2.45) is 0 Å². The second kappa shape index (κ2) is 4.76. The van der Waals surface area contributed by atoms with Crippen LogP contribution in [0.4, 0.5) is 0 Å². The minimum atomic E-state index is -0.522. The lowest BCUT2D eigenvalue weighted by Crippen LogP contribution is -2.55. The van der Waals surface area contributed by atoms with Crippen LogP contribution in [-0.4, -0.2) is 32.4 Å². The second-order valence-corrected chi connectivity index (χ2v) is 4.40. The summed E-state index contributed by atoms with van der Waals surface area (Å²) in [4.78, 5) is 5.98. The maximum atomic E-state index is 9.94. The van der Waals surface area contributed by atoms with Crippen LogP contribution in [0.5, 0.6) is 0 Å². The Kier molecular flexibility index (Phi) is 3.36. The van der Waals surface area contributed by atoms with Gasteiger partial charge in [0.2, 0.25) is 0 Å². The first-order valence-electron chi connectivity index (χ1n) is 5.32. The van der Waals surface area contributed by atoms with Gasteiger partial charge in [-0.15, -0.1) is 0 Å². The van der Waals surface area contributed by atoms with E-state index in [1.165, 1.54) is 0 Å². The second-order valence-electron chi connectivity index (χ2n) is 4.02. The van der Waals surface area contributed by atoms with Crippen molar-refractivity contribution < 1.29 is 5.11 Å². The van der Waals surface area contributed by atoms with Crippen molar-refractivity contribution in [1.29, 1.82) is 0 Å². The molecule has 0 bridgehead atoms. The van der Waals surface area contributed by atoms with Crippen LogP contribution in [-0.2, 0) is 6.54 Å². The number of hydrogen-bond acceptors (Lipinski definition) is 3. The average molecular weight is 237 g/mol. The van der Waals surface area contributed by atoms with Crippen molar-refractivity contribution in [1.82, 2.24) is 15.2 Å². The number of rotatable bonds is 2. The largest absolute Gasteiger partial charge is 0.373 e. The molecule has 1 aliphatic heterocycles. The molecule has 2 heterocycles. The highest BCUT2D eigenvalue weighted by Gasteiger charge is 2.27. The van der Waals surface area contributed by atoms with Crippen LogP contribution in [0.15, 0.2) is 24.4 Å². The van der Waals surface area contributed by atoms with Gasteiger partial charge in [-0.25, -0.2) is 0 Å². The molecule has 0 aliphatic carbocycles. The van der Waals surface area contributed by atoms with Crippen molar-refractivity contribution in [2.45, 2.75) is 32.2 Å². The van der Waals surface area contributed by atoms with E-state index in [0.29, 0.717) is 18.1 Å². The highest BCUT2D eigenvalue weighted by atomic mass is 32.1. The zero-order valence-electron chi connectivity index (χ0n) is 9.13. The van der Waals surface area contributed by atoms with Gasteiger partial charge >= 0.3 is 0 Å². The third-order valence-corrected chi connectivity index (χ3v) is 2.97. The number of thiocarbonyl (C=S) groups is 1. The van der Waals surface area contributed by atoms with Gasteiger partial charge in [0.25, 0.3) is 0 Å². The fourth-order valence-corrected chi connectivity index (χ4v) is 2.16. The Hall–Kier alpha value is -1.20. The van der Waals surface area contributed by atoms with E-state index in [2.05, 4.69) is 10.3 Å². The SMILES string of the molecule is CC1CC(O)N(Cc2ccccn2)C(=S)N1. The zero-order valence-corrected chi connectivity index (χ0v) is 9.94. The standard InChI is InChI=1S/C11H15N3OS/c1-8-6-10(15)14(11(16)13-8)7-9-4-2-3-5-12-9/h2-5,8,10,15H,6-7H2,1H3,(H,13,16). The molecular formula is C11H15N3OS. The Morgan fingerprint density at radius 1 is 1.62 bits per heavy atom. The van der Waals surface area contributed by atoms with Gasteiger partial charge < -0.3 is 15.3 Å². The summed E-state index contributed by atoms with van der Waals surface area (Å²) >= 11 is 5.21. The molecule has 1 aliphatic rings. The Labute approximate surface area is 100 Å². The molecule has 2 rings (SSSR count). The molecule has 0 aromatic carbocycles. The van der Waals surface area contributed by atoms with Crippen molar-refractivity contribution in [3.63, 3.8) is 0 Å². The van der Waals surface area contributed by atoms with Crippen molar-refractivity contribution >= 4 is 17.3 Å². The van der Waals surface area contributed by atoms with E-state index in [1.54, 1.807) is 11.1 Å². The highest BCUT2D eigenvalue weighted by molar-refractivity contribution is 7.80. The molecule has 86 valence electrons. The lowest BCUT2D eigenvalue weighted by Gasteiger charge is -2.38. The number of aliphatic hydroxyl groups excluding tert-OH is 1. The maximum absolute atomic E-state index is 9.94. The van der Waals surface area contributed by atoms with Gasteiger partial charge in [0.1, 0.15) is 6.23 Å². The predicted octanol–water partition coefficient (Wildman–Crippen LogP) is 0.869. The number of aliphatic hydroxyl groups is 1. The zero-order chi connectivity index (χ0) is 11.5. The van der Waals surface area contributed by atoms with Crippen LogP contribution >= 0.6 is 12.2 Å². The summed E-state index contributed by atoms with van der Waals surface area (Å²) in [7, 11) is 0. The van der Waals surface area contributed by atoms with Crippen LogP contribution < -0.4 is 5.32 Å². The minimum Gasteiger partial charge on any atom is -0.373 e. The molecule has 2 unspecified atom stereocenters. The molecule has 0 saturated carbocycles. The van der Waals surface area contributed by atoms with Gasteiger partial charge in [0.15, 0.2) is 5.11 Å². The first-order chi connectivity index (χ1) is 7.66. The van der Waals surface area contributed by atoms with E-state index < -0.39 is 6.23 Å². The van der Waals surface area contributed by atoms with Gasteiger partial charge in [-0.05, 0) is 31.3 Å². The summed E-state index contributed by atoms with van der Waals surface area (Å²) in [6, 6.07) is 5.95. The molecule has 2 N–H and O–H groups in total. The van der Waals surface area contributed by atoms with E-state index in [0.717, 1.165) is 5.69 Å². The number of hydrogen-bond donors (Lipinski definition) is 2. The minimum absolute atomic E-state index is 0.225. The molecule has 0 spiro atoms. The molecular weight excluding hydrogens is 222 g/mol. The van der Waals surface area contributed by atoms with Gasteiger partial charge in [-0.2, -0.15) is 0 Å². The fourth-order valence-electron chi connectivity index (χ4n) is 1.77. The van der Waals surface area contributed by atoms with Gasteiger partial charge in [-0.1, -0.05) is 6.07 Å². The number of pyridine rings is 1. The van der Waals surface area contributed by atoms with E-state index in [9.17, 15) is 5.11 Å². The van der Waals surface area contributed by atoms with E-state index in [4.69, 9.17) is 12.2 Å². The maximum Gasteiger partial charge on any atom is 0.171 e. The van der Waals surface area contributed by atoms with Gasteiger partial charge in [0, 0.05) is 18.7 Å². The molecule has 0 radical (unpaired) electrons. The summed E-state index contributed by atoms with van der Waals surface area (Å²) in [6.45, 7) is 2.55. The Bertz CT molecular complexity index is 371. The average Bonchev–Trinajstić information content (AvgIpc) is 2.25. The summed E-state index contributed by atoms with van der Waals surface area (Å²) in [5.74, 6) is 0. The Morgan fingerprint density at radius 3 is 3.06 bits per heavy atom. The first kappa shape index (κ1) is 11.3. The topological polar surface area (TPSA) is 48.4 Å². The van der Waals surface area contributed by atoms with Crippen LogP contribution in [0.2, 0.25) is 0 Å². The molecule has 1 aromatic heterocycles. The van der Waals surface area contributed by atoms with Crippen molar-refractivity contribution in [3.05, 3.63) is 30.1 Å². The monoisotopic (exact) mass is 237 g/mol. The normalized spacial score (nSPS) is 25.4. The molecule has 1 fully saturated rings. The van der Waals surface area contributed by atoms with Crippen LogP contribution in [0, 0.1) is 0 Å². The Balaban J connectivity index is 2.07. The molecule has 0 amide bonds. The molecule has 1 aromatic rings. The molecule has 4 nitrogen and oxygen atoms in total.